The Morgan fingerprint density at radius 1 is 1.24 bits per heavy atom. The summed E-state index contributed by atoms with van der Waals surface area (Å²) in [5.41, 5.74) is 0.775. The van der Waals surface area contributed by atoms with Crippen molar-refractivity contribution in [2.24, 2.45) is 0 Å². The molecule has 0 amide bonds. The third kappa shape index (κ3) is 5.26. The molecule has 1 aromatic rings. The molecule has 2 nitrogen and oxygen atoms in total. The van der Waals surface area contributed by atoms with Crippen molar-refractivity contribution in [1.29, 1.82) is 0 Å². The standard InChI is InChI=1S/C14H20O2S/c1-3-5-10-17-11-14(15)12-6-8-13(9-7-12)16-4-2/h6-9H,3-5,10-11H2,1-2H3. The molecule has 94 valence electrons. The van der Waals surface area contributed by atoms with E-state index in [1.54, 1.807) is 11.8 Å². The summed E-state index contributed by atoms with van der Waals surface area (Å²) in [7, 11) is 0. The van der Waals surface area contributed by atoms with Crippen molar-refractivity contribution in [3.05, 3.63) is 29.8 Å². The number of Topliss-reactive ketones (excluding diaryl/α,β-unsaturated/α-hetero) is 1. The summed E-state index contributed by atoms with van der Waals surface area (Å²) >= 11 is 1.71. The lowest BCUT2D eigenvalue weighted by atomic mass is 10.1. The van der Waals surface area contributed by atoms with Gasteiger partial charge in [0.15, 0.2) is 5.78 Å². The lowest BCUT2D eigenvalue weighted by molar-refractivity contribution is 0.102. The number of unbranched alkanes of at least 4 members (excludes halogenated alkanes) is 1. The fraction of sp³-hybridized carbons (Fsp3) is 0.500. The van der Waals surface area contributed by atoms with E-state index in [2.05, 4.69) is 6.92 Å². The van der Waals surface area contributed by atoms with Gasteiger partial charge in [-0.3, -0.25) is 4.79 Å². The van der Waals surface area contributed by atoms with Gasteiger partial charge in [-0.15, -0.1) is 0 Å². The Balaban J connectivity index is 2.40. The van der Waals surface area contributed by atoms with Crippen LogP contribution in [0.2, 0.25) is 0 Å². The highest BCUT2D eigenvalue weighted by Crippen LogP contribution is 2.14. The predicted molar refractivity (Wildman–Crippen MR) is 74.2 cm³/mol. The van der Waals surface area contributed by atoms with E-state index in [0.717, 1.165) is 17.1 Å². The molecule has 3 heteroatoms. The number of carbonyl (C=O) groups excluding carboxylic acids is 1. The highest BCUT2D eigenvalue weighted by molar-refractivity contribution is 7.99. The quantitative estimate of drug-likeness (QED) is 0.520. The minimum atomic E-state index is 0.203. The maximum absolute atomic E-state index is 11.8. The lowest BCUT2D eigenvalue weighted by Crippen LogP contribution is -2.03. The Bertz CT molecular complexity index is 333. The number of ketones is 1. The van der Waals surface area contributed by atoms with Gasteiger partial charge in [0.2, 0.25) is 0 Å². The van der Waals surface area contributed by atoms with Crippen molar-refractivity contribution in [3.8, 4) is 5.75 Å². The van der Waals surface area contributed by atoms with Gasteiger partial charge in [0.25, 0.3) is 0 Å². The zero-order valence-electron chi connectivity index (χ0n) is 10.6. The van der Waals surface area contributed by atoms with E-state index < -0.39 is 0 Å². The van der Waals surface area contributed by atoms with E-state index in [1.807, 2.05) is 31.2 Å². The smallest absolute Gasteiger partial charge is 0.172 e. The summed E-state index contributed by atoms with van der Waals surface area (Å²) in [6.45, 7) is 4.76. The van der Waals surface area contributed by atoms with E-state index in [1.165, 1.54) is 12.8 Å². The first-order valence-corrected chi connectivity index (χ1v) is 7.27. The second kappa shape index (κ2) is 8.18. The molecule has 0 saturated heterocycles. The molecule has 0 N–H and O–H groups in total. The van der Waals surface area contributed by atoms with Crippen LogP contribution in [-0.2, 0) is 0 Å². The largest absolute Gasteiger partial charge is 0.494 e. The number of benzene rings is 1. The SMILES string of the molecule is CCCCSCC(=O)c1ccc(OCC)cc1. The van der Waals surface area contributed by atoms with Crippen molar-refractivity contribution in [2.45, 2.75) is 26.7 Å². The molecule has 1 rings (SSSR count). The van der Waals surface area contributed by atoms with Crippen LogP contribution < -0.4 is 4.74 Å². The van der Waals surface area contributed by atoms with E-state index in [-0.39, 0.29) is 5.78 Å². The van der Waals surface area contributed by atoms with Gasteiger partial charge < -0.3 is 4.74 Å². The van der Waals surface area contributed by atoms with Crippen LogP contribution in [0.3, 0.4) is 0 Å². The van der Waals surface area contributed by atoms with Gasteiger partial charge in [0.1, 0.15) is 5.75 Å². The average Bonchev–Trinajstić information content (AvgIpc) is 2.36. The molecule has 1 aromatic carbocycles. The maximum Gasteiger partial charge on any atom is 0.172 e. The van der Waals surface area contributed by atoms with Gasteiger partial charge in [0.05, 0.1) is 12.4 Å². The molecule has 0 radical (unpaired) electrons. The molecule has 0 heterocycles. The number of hydrogen-bond acceptors (Lipinski definition) is 3. The van der Waals surface area contributed by atoms with Crippen molar-refractivity contribution in [3.63, 3.8) is 0 Å². The van der Waals surface area contributed by atoms with Gasteiger partial charge in [-0.1, -0.05) is 13.3 Å². The van der Waals surface area contributed by atoms with Crippen molar-refractivity contribution in [2.75, 3.05) is 18.1 Å². The summed E-state index contributed by atoms with van der Waals surface area (Å²) in [5, 5.41) is 0. The molecule has 17 heavy (non-hydrogen) atoms. The summed E-state index contributed by atoms with van der Waals surface area (Å²) in [4.78, 5) is 11.8. The first kappa shape index (κ1) is 14.1. The fourth-order valence-electron chi connectivity index (χ4n) is 1.40. The van der Waals surface area contributed by atoms with E-state index >= 15 is 0 Å². The van der Waals surface area contributed by atoms with Crippen LogP contribution in [0.15, 0.2) is 24.3 Å². The highest BCUT2D eigenvalue weighted by Gasteiger charge is 2.05. The third-order valence-corrected chi connectivity index (χ3v) is 3.41. The lowest BCUT2D eigenvalue weighted by Gasteiger charge is -2.04. The Kier molecular flexibility index (Phi) is 6.78. The fourth-order valence-corrected chi connectivity index (χ4v) is 2.39. The summed E-state index contributed by atoms with van der Waals surface area (Å²) in [6.07, 6.45) is 2.37. The minimum Gasteiger partial charge on any atom is -0.494 e. The zero-order valence-corrected chi connectivity index (χ0v) is 11.4. The molecule has 0 spiro atoms. The van der Waals surface area contributed by atoms with E-state index in [9.17, 15) is 4.79 Å². The highest BCUT2D eigenvalue weighted by atomic mass is 32.2. The van der Waals surface area contributed by atoms with Gasteiger partial charge in [-0.2, -0.15) is 11.8 Å². The van der Waals surface area contributed by atoms with Crippen LogP contribution in [0.25, 0.3) is 0 Å². The first-order valence-electron chi connectivity index (χ1n) is 6.11. The molecule has 0 atom stereocenters. The Morgan fingerprint density at radius 3 is 2.53 bits per heavy atom. The summed E-state index contributed by atoms with van der Waals surface area (Å²) in [6, 6.07) is 7.39. The molecule has 0 aliphatic heterocycles. The van der Waals surface area contributed by atoms with Gasteiger partial charge in [-0.05, 0) is 43.4 Å². The Hall–Kier alpha value is -0.960. The molecule has 0 aliphatic carbocycles. The molecule has 0 fully saturated rings. The normalized spacial score (nSPS) is 10.2. The molecule has 0 aliphatic rings. The van der Waals surface area contributed by atoms with Crippen LogP contribution in [0.4, 0.5) is 0 Å². The molecule has 0 aromatic heterocycles. The number of carbonyl (C=O) groups is 1. The number of hydrogen-bond donors (Lipinski definition) is 0. The topological polar surface area (TPSA) is 26.3 Å². The summed E-state index contributed by atoms with van der Waals surface area (Å²) < 4.78 is 5.34. The average molecular weight is 252 g/mol. The van der Waals surface area contributed by atoms with Crippen LogP contribution in [0.1, 0.15) is 37.0 Å². The van der Waals surface area contributed by atoms with Crippen LogP contribution in [0.5, 0.6) is 5.75 Å². The second-order valence-electron chi connectivity index (χ2n) is 3.79. The maximum atomic E-state index is 11.8. The molecular weight excluding hydrogens is 232 g/mol. The van der Waals surface area contributed by atoms with Gasteiger partial charge >= 0.3 is 0 Å². The number of thioether (sulfide) groups is 1. The van der Waals surface area contributed by atoms with Gasteiger partial charge in [-0.25, -0.2) is 0 Å². The van der Waals surface area contributed by atoms with Crippen molar-refractivity contribution in [1.82, 2.24) is 0 Å². The van der Waals surface area contributed by atoms with E-state index in [0.29, 0.717) is 12.4 Å². The van der Waals surface area contributed by atoms with E-state index in [4.69, 9.17) is 4.74 Å². The third-order valence-electron chi connectivity index (χ3n) is 2.36. The second-order valence-corrected chi connectivity index (χ2v) is 4.89. The van der Waals surface area contributed by atoms with Crippen molar-refractivity contribution < 1.29 is 9.53 Å². The predicted octanol–water partition coefficient (Wildman–Crippen LogP) is 3.80. The van der Waals surface area contributed by atoms with Crippen LogP contribution >= 0.6 is 11.8 Å². The first-order chi connectivity index (χ1) is 8.27. The zero-order chi connectivity index (χ0) is 12.5. The molecule has 0 bridgehead atoms. The van der Waals surface area contributed by atoms with Crippen LogP contribution in [0, 0.1) is 0 Å². The van der Waals surface area contributed by atoms with Crippen LogP contribution in [-0.4, -0.2) is 23.9 Å². The van der Waals surface area contributed by atoms with Gasteiger partial charge in [0, 0.05) is 5.56 Å². The molecule has 0 saturated carbocycles. The Labute approximate surface area is 108 Å². The van der Waals surface area contributed by atoms with Crippen molar-refractivity contribution >= 4 is 17.5 Å². The number of ether oxygens (including phenoxy) is 1. The number of rotatable bonds is 8. The monoisotopic (exact) mass is 252 g/mol. The summed E-state index contributed by atoms with van der Waals surface area (Å²) in [5.74, 6) is 2.67. The molecule has 0 unspecified atom stereocenters. The Morgan fingerprint density at radius 2 is 1.94 bits per heavy atom. The minimum absolute atomic E-state index is 0.203. The molecular formula is C14H20O2S.